The number of rotatable bonds is 6. The van der Waals surface area contributed by atoms with Crippen LogP contribution in [0.1, 0.15) is 78.1 Å². The molecule has 1 aromatic rings. The van der Waals surface area contributed by atoms with E-state index >= 15 is 0 Å². The Kier molecular flexibility index (Phi) is 8.02. The minimum Gasteiger partial charge on any atom is -0.362 e. The van der Waals surface area contributed by atoms with E-state index in [0.29, 0.717) is 23.3 Å². The molecule has 5 heteroatoms. The molecule has 0 aromatic carbocycles. The Morgan fingerprint density at radius 2 is 1.93 bits per heavy atom. The molecular formula is C23H38N4O. The average Bonchev–Trinajstić information content (AvgIpc) is 2.50. The molecule has 0 atom stereocenters. The lowest BCUT2D eigenvalue weighted by Gasteiger charge is -2.43. The molecule has 1 saturated carbocycles. The third-order valence-electron chi connectivity index (χ3n) is 4.72. The summed E-state index contributed by atoms with van der Waals surface area (Å²) in [6.45, 7) is 14.5. The number of carbonyl (C=O) groups is 1. The highest BCUT2D eigenvalue weighted by Crippen LogP contribution is 2.30. The molecule has 0 unspecified atom stereocenters. The van der Waals surface area contributed by atoms with Gasteiger partial charge in [0.05, 0.1) is 23.6 Å². The number of hydrogen-bond acceptors (Lipinski definition) is 4. The van der Waals surface area contributed by atoms with E-state index in [9.17, 15) is 4.79 Å². The van der Waals surface area contributed by atoms with E-state index in [4.69, 9.17) is 0 Å². The van der Waals surface area contributed by atoms with Crippen LogP contribution in [-0.4, -0.2) is 39.9 Å². The Balaban J connectivity index is 0.000000500. The number of amides is 1. The highest BCUT2D eigenvalue weighted by atomic mass is 16.2. The van der Waals surface area contributed by atoms with Crippen molar-refractivity contribution in [1.82, 2.24) is 14.9 Å². The van der Waals surface area contributed by atoms with Crippen LogP contribution < -0.4 is 5.32 Å². The zero-order valence-electron chi connectivity index (χ0n) is 18.6. The molecule has 2 fully saturated rings. The van der Waals surface area contributed by atoms with Crippen LogP contribution in [0.3, 0.4) is 0 Å². The molecule has 1 aromatic heterocycles. The first-order valence-corrected chi connectivity index (χ1v) is 10.7. The first-order chi connectivity index (χ1) is 13.2. The number of allylic oxidation sites excluding steroid dienone is 1. The topological polar surface area (TPSA) is 58.1 Å². The predicted molar refractivity (Wildman–Crippen MR) is 117 cm³/mol. The molecule has 3 rings (SSSR count). The largest absolute Gasteiger partial charge is 0.362 e. The molecular weight excluding hydrogens is 348 g/mol. The second-order valence-electron chi connectivity index (χ2n) is 9.63. The minimum atomic E-state index is 0.295. The number of aromatic nitrogens is 2. The SMILES string of the molecule is CC(C)(C)C.CCC/C=C\c1nc(NC2CN(C(=O)C3CCC3)C2)cnc1C. The summed E-state index contributed by atoms with van der Waals surface area (Å²) in [7, 11) is 0. The first-order valence-electron chi connectivity index (χ1n) is 10.7. The van der Waals surface area contributed by atoms with Crippen LogP contribution in [0.15, 0.2) is 12.3 Å². The van der Waals surface area contributed by atoms with E-state index in [1.807, 2.05) is 17.9 Å². The number of nitrogens with zero attached hydrogens (tertiary/aromatic N) is 3. The Hall–Kier alpha value is -1.91. The standard InChI is InChI=1S/C18H26N4O.C5H12/c1-3-4-5-9-16-13(2)19-10-17(21-16)20-15-11-22(12-15)18(23)14-7-6-8-14;1-5(2,3)4/h5,9-10,14-15H,3-4,6-8,11-12H2,1-2H3,(H,20,21);1-4H3/b9-5-;. The van der Waals surface area contributed by atoms with Crippen molar-refractivity contribution in [3.63, 3.8) is 0 Å². The fourth-order valence-electron chi connectivity index (χ4n) is 2.93. The molecule has 1 amide bonds. The number of unbranched alkanes of at least 4 members (excludes halogenated alkanes) is 1. The van der Waals surface area contributed by atoms with Crippen LogP contribution in [0.25, 0.3) is 6.08 Å². The van der Waals surface area contributed by atoms with E-state index in [1.165, 1.54) is 6.42 Å². The van der Waals surface area contributed by atoms with E-state index in [-0.39, 0.29) is 0 Å². The monoisotopic (exact) mass is 386 g/mol. The molecule has 28 heavy (non-hydrogen) atoms. The normalized spacial score (nSPS) is 17.6. The number of hydrogen-bond donors (Lipinski definition) is 1. The van der Waals surface area contributed by atoms with Crippen LogP contribution in [0.4, 0.5) is 5.82 Å². The van der Waals surface area contributed by atoms with Crippen LogP contribution >= 0.6 is 0 Å². The van der Waals surface area contributed by atoms with Crippen molar-refractivity contribution in [3.05, 3.63) is 23.7 Å². The van der Waals surface area contributed by atoms with Crippen molar-refractivity contribution in [3.8, 4) is 0 Å². The summed E-state index contributed by atoms with van der Waals surface area (Å²) >= 11 is 0. The van der Waals surface area contributed by atoms with Gasteiger partial charge in [-0.3, -0.25) is 9.78 Å². The average molecular weight is 387 g/mol. The number of likely N-dealkylation sites (tertiary alicyclic amines) is 1. The molecule has 1 aliphatic heterocycles. The molecule has 156 valence electrons. The maximum atomic E-state index is 12.1. The summed E-state index contributed by atoms with van der Waals surface area (Å²) in [6.07, 6.45) is 11.5. The van der Waals surface area contributed by atoms with Crippen LogP contribution in [-0.2, 0) is 4.79 Å². The lowest BCUT2D eigenvalue weighted by Crippen LogP contribution is -2.59. The van der Waals surface area contributed by atoms with Crippen molar-refractivity contribution in [1.29, 1.82) is 0 Å². The Morgan fingerprint density at radius 3 is 2.46 bits per heavy atom. The molecule has 0 bridgehead atoms. The number of carbonyl (C=O) groups excluding carboxylic acids is 1. The van der Waals surface area contributed by atoms with Gasteiger partial charge in [-0.1, -0.05) is 53.5 Å². The van der Waals surface area contributed by atoms with Crippen molar-refractivity contribution in [2.75, 3.05) is 18.4 Å². The molecule has 0 spiro atoms. The van der Waals surface area contributed by atoms with Gasteiger partial charge in [0.2, 0.25) is 5.91 Å². The van der Waals surface area contributed by atoms with Gasteiger partial charge in [0.15, 0.2) is 0 Å². The summed E-state index contributed by atoms with van der Waals surface area (Å²) in [4.78, 5) is 23.1. The molecule has 1 saturated heterocycles. The smallest absolute Gasteiger partial charge is 0.225 e. The maximum Gasteiger partial charge on any atom is 0.225 e. The van der Waals surface area contributed by atoms with Gasteiger partial charge in [0.1, 0.15) is 5.82 Å². The molecule has 0 radical (unpaired) electrons. The summed E-state index contributed by atoms with van der Waals surface area (Å²) in [5, 5.41) is 3.39. The van der Waals surface area contributed by atoms with Crippen molar-refractivity contribution < 1.29 is 4.79 Å². The van der Waals surface area contributed by atoms with Crippen molar-refractivity contribution in [2.24, 2.45) is 11.3 Å². The first kappa shape index (κ1) is 22.4. The summed E-state index contributed by atoms with van der Waals surface area (Å²) in [6, 6.07) is 0.295. The van der Waals surface area contributed by atoms with E-state index in [1.54, 1.807) is 6.20 Å². The Bertz CT molecular complexity index is 662. The molecule has 2 heterocycles. The van der Waals surface area contributed by atoms with Crippen LogP contribution in [0, 0.1) is 18.3 Å². The minimum absolute atomic E-state index is 0.295. The molecule has 2 aliphatic rings. The fourth-order valence-corrected chi connectivity index (χ4v) is 2.93. The van der Waals surface area contributed by atoms with Gasteiger partial charge in [0, 0.05) is 19.0 Å². The molecule has 1 N–H and O–H groups in total. The van der Waals surface area contributed by atoms with E-state index in [2.05, 4.69) is 56.0 Å². The van der Waals surface area contributed by atoms with E-state index < -0.39 is 0 Å². The second kappa shape index (κ2) is 10.0. The molecule has 1 aliphatic carbocycles. The van der Waals surface area contributed by atoms with Crippen LogP contribution in [0.2, 0.25) is 0 Å². The number of anilines is 1. The fraction of sp³-hybridized carbons (Fsp3) is 0.696. The maximum absolute atomic E-state index is 12.1. The number of nitrogens with one attached hydrogen (secondary N) is 1. The van der Waals surface area contributed by atoms with E-state index in [0.717, 1.165) is 56.0 Å². The van der Waals surface area contributed by atoms with Gasteiger partial charge < -0.3 is 10.2 Å². The highest BCUT2D eigenvalue weighted by molar-refractivity contribution is 5.80. The zero-order chi connectivity index (χ0) is 20.7. The van der Waals surface area contributed by atoms with Crippen molar-refractivity contribution >= 4 is 17.8 Å². The summed E-state index contributed by atoms with van der Waals surface area (Å²) < 4.78 is 0. The zero-order valence-corrected chi connectivity index (χ0v) is 18.6. The van der Waals surface area contributed by atoms with Crippen molar-refractivity contribution in [2.45, 2.75) is 79.7 Å². The summed E-state index contributed by atoms with van der Waals surface area (Å²) in [5.74, 6) is 1.44. The third kappa shape index (κ3) is 7.25. The van der Waals surface area contributed by atoms with Gasteiger partial charge in [-0.05, 0) is 37.7 Å². The van der Waals surface area contributed by atoms with Crippen LogP contribution in [0.5, 0.6) is 0 Å². The summed E-state index contributed by atoms with van der Waals surface area (Å²) in [5.41, 5.74) is 2.36. The molecule has 5 nitrogen and oxygen atoms in total. The Labute approximate surface area is 171 Å². The number of aryl methyl sites for hydroxylation is 1. The van der Waals surface area contributed by atoms with Gasteiger partial charge >= 0.3 is 0 Å². The van der Waals surface area contributed by atoms with Gasteiger partial charge in [0.25, 0.3) is 0 Å². The third-order valence-corrected chi connectivity index (χ3v) is 4.72. The lowest BCUT2D eigenvalue weighted by atomic mass is 9.83. The highest BCUT2D eigenvalue weighted by Gasteiger charge is 2.36. The lowest BCUT2D eigenvalue weighted by molar-refractivity contribution is -0.142. The quantitative estimate of drug-likeness (QED) is 0.741. The van der Waals surface area contributed by atoms with Gasteiger partial charge in [-0.2, -0.15) is 0 Å². The predicted octanol–water partition coefficient (Wildman–Crippen LogP) is 5.07. The Morgan fingerprint density at radius 1 is 1.29 bits per heavy atom. The van der Waals surface area contributed by atoms with Gasteiger partial charge in [-0.25, -0.2) is 4.98 Å². The second-order valence-corrected chi connectivity index (χ2v) is 9.63. The van der Waals surface area contributed by atoms with Gasteiger partial charge in [-0.15, -0.1) is 0 Å².